The van der Waals surface area contributed by atoms with E-state index in [2.05, 4.69) is 0 Å². The molecule has 35 heavy (non-hydrogen) atoms. The smallest absolute Gasteiger partial charge is 0.312 e. The highest BCUT2D eigenvalue weighted by atomic mass is 16.5. The summed E-state index contributed by atoms with van der Waals surface area (Å²) in [6.45, 7) is 1.96. The minimum Gasteiger partial charge on any atom is -0.496 e. The van der Waals surface area contributed by atoms with Crippen molar-refractivity contribution in [1.29, 1.82) is 0 Å². The standard InChI is InChI=1S/C28H28O7/c1-16-10-12-18(13-11-16)28-23(17-8-6-5-7-9-17)22(26(30)34-4)25(29)27(28,31)24-20(33-3)14-19(32-2)15-21(24)35-28/h5-15,22-23,25,29,31H,1-4H3/t22-,23-,25-,27+,28+/m1/s1. The molecule has 5 atom stereocenters. The van der Waals surface area contributed by atoms with Crippen molar-refractivity contribution in [2.24, 2.45) is 5.92 Å². The molecule has 1 fully saturated rings. The van der Waals surface area contributed by atoms with Gasteiger partial charge in [-0.05, 0) is 18.1 Å². The number of carbonyl (C=O) groups excluding carboxylic acids is 1. The van der Waals surface area contributed by atoms with Gasteiger partial charge in [0, 0.05) is 18.1 Å². The van der Waals surface area contributed by atoms with Gasteiger partial charge in [-0.3, -0.25) is 4.79 Å². The van der Waals surface area contributed by atoms with Gasteiger partial charge in [-0.15, -0.1) is 0 Å². The van der Waals surface area contributed by atoms with Gasteiger partial charge in [0.05, 0.1) is 32.8 Å². The van der Waals surface area contributed by atoms with Crippen molar-refractivity contribution in [3.05, 3.63) is 89.0 Å². The Kier molecular flexibility index (Phi) is 5.49. The molecule has 3 aromatic rings. The highest BCUT2D eigenvalue weighted by Gasteiger charge is 2.78. The average molecular weight is 477 g/mol. The number of aliphatic hydroxyl groups excluding tert-OH is 1. The van der Waals surface area contributed by atoms with E-state index in [9.17, 15) is 15.0 Å². The first-order chi connectivity index (χ1) is 16.8. The van der Waals surface area contributed by atoms with E-state index in [-0.39, 0.29) is 11.3 Å². The van der Waals surface area contributed by atoms with Crippen LogP contribution in [0.15, 0.2) is 66.7 Å². The number of benzene rings is 3. The molecular formula is C28H28O7. The van der Waals surface area contributed by atoms with Crippen molar-refractivity contribution >= 4 is 5.97 Å². The second kappa shape index (κ2) is 8.29. The Morgan fingerprint density at radius 2 is 1.66 bits per heavy atom. The van der Waals surface area contributed by atoms with Gasteiger partial charge in [0.25, 0.3) is 0 Å². The summed E-state index contributed by atoms with van der Waals surface area (Å²) in [7, 11) is 4.27. The highest BCUT2D eigenvalue weighted by Crippen LogP contribution is 2.70. The molecule has 3 aromatic carbocycles. The van der Waals surface area contributed by atoms with Crippen LogP contribution in [-0.4, -0.2) is 43.6 Å². The molecule has 0 amide bonds. The number of aliphatic hydroxyl groups is 2. The van der Waals surface area contributed by atoms with Gasteiger partial charge < -0.3 is 29.2 Å². The molecule has 1 aliphatic heterocycles. The number of rotatable bonds is 5. The minimum atomic E-state index is -2.05. The van der Waals surface area contributed by atoms with Crippen LogP contribution >= 0.6 is 0 Å². The number of aryl methyl sites for hydroxylation is 1. The number of esters is 1. The van der Waals surface area contributed by atoms with Gasteiger partial charge in [-0.25, -0.2) is 0 Å². The lowest BCUT2D eigenvalue weighted by atomic mass is 9.70. The predicted molar refractivity (Wildman–Crippen MR) is 128 cm³/mol. The number of hydrogen-bond acceptors (Lipinski definition) is 7. The Hall–Kier alpha value is -3.55. The monoisotopic (exact) mass is 476 g/mol. The molecule has 182 valence electrons. The van der Waals surface area contributed by atoms with Crippen LogP contribution in [0, 0.1) is 12.8 Å². The van der Waals surface area contributed by atoms with Crippen molar-refractivity contribution in [3.63, 3.8) is 0 Å². The average Bonchev–Trinajstić information content (AvgIpc) is 3.26. The van der Waals surface area contributed by atoms with E-state index in [0.717, 1.165) is 11.1 Å². The van der Waals surface area contributed by atoms with Crippen molar-refractivity contribution in [2.45, 2.75) is 30.1 Å². The summed E-state index contributed by atoms with van der Waals surface area (Å²) in [4.78, 5) is 13.2. The quantitative estimate of drug-likeness (QED) is 0.545. The van der Waals surface area contributed by atoms with Crippen LogP contribution in [0.5, 0.6) is 17.2 Å². The third-order valence-corrected chi connectivity index (χ3v) is 7.39. The summed E-state index contributed by atoms with van der Waals surface area (Å²) in [6.07, 6.45) is -1.56. The first-order valence-electron chi connectivity index (χ1n) is 11.4. The number of ether oxygens (including phenoxy) is 4. The topological polar surface area (TPSA) is 94.5 Å². The van der Waals surface area contributed by atoms with Gasteiger partial charge in [0.2, 0.25) is 0 Å². The molecule has 1 saturated carbocycles. The summed E-state index contributed by atoms with van der Waals surface area (Å²) in [5.41, 5.74) is -1.00. The molecule has 0 saturated heterocycles. The summed E-state index contributed by atoms with van der Waals surface area (Å²) >= 11 is 0. The number of fused-ring (bicyclic) bond motifs is 3. The lowest BCUT2D eigenvalue weighted by molar-refractivity contribution is -0.161. The van der Waals surface area contributed by atoms with Crippen LogP contribution < -0.4 is 14.2 Å². The van der Waals surface area contributed by atoms with Crippen molar-refractivity contribution in [1.82, 2.24) is 0 Å². The Labute approximate surface area is 203 Å². The van der Waals surface area contributed by atoms with Gasteiger partial charge in [0.1, 0.15) is 23.4 Å². The van der Waals surface area contributed by atoms with Gasteiger partial charge in [-0.2, -0.15) is 0 Å². The molecule has 2 aliphatic rings. The molecule has 0 spiro atoms. The molecule has 2 N–H and O–H groups in total. The third kappa shape index (κ3) is 3.01. The molecule has 0 unspecified atom stereocenters. The van der Waals surface area contributed by atoms with E-state index in [1.54, 1.807) is 12.1 Å². The zero-order chi connectivity index (χ0) is 25.0. The lowest BCUT2D eigenvalue weighted by Crippen LogP contribution is -2.52. The molecule has 5 rings (SSSR count). The fourth-order valence-corrected chi connectivity index (χ4v) is 5.86. The SMILES string of the molecule is COC(=O)[C@H]1[C@@H](O)[C@@]2(O)c3c(OC)cc(OC)cc3O[C@@]2(c2ccc(C)cc2)[C@@H]1c1ccccc1. The van der Waals surface area contributed by atoms with E-state index in [4.69, 9.17) is 18.9 Å². The number of hydrogen-bond donors (Lipinski definition) is 2. The molecule has 0 aromatic heterocycles. The molecule has 0 bridgehead atoms. The van der Waals surface area contributed by atoms with Gasteiger partial charge in [0.15, 0.2) is 11.2 Å². The van der Waals surface area contributed by atoms with Crippen molar-refractivity contribution in [2.75, 3.05) is 21.3 Å². The normalized spacial score (nSPS) is 28.6. The van der Waals surface area contributed by atoms with E-state index < -0.39 is 35.1 Å². The van der Waals surface area contributed by atoms with E-state index in [0.29, 0.717) is 17.1 Å². The predicted octanol–water partition coefficient (Wildman–Crippen LogP) is 3.44. The van der Waals surface area contributed by atoms with Crippen LogP contribution in [0.2, 0.25) is 0 Å². The van der Waals surface area contributed by atoms with E-state index in [1.807, 2.05) is 61.5 Å². The summed E-state index contributed by atoms with van der Waals surface area (Å²) in [5.74, 6) is -1.48. The molecular weight excluding hydrogens is 448 g/mol. The van der Waals surface area contributed by atoms with Crippen LogP contribution in [0.25, 0.3) is 0 Å². The fourth-order valence-electron chi connectivity index (χ4n) is 5.86. The molecule has 1 heterocycles. The van der Waals surface area contributed by atoms with Gasteiger partial charge >= 0.3 is 5.97 Å². The zero-order valence-electron chi connectivity index (χ0n) is 20.0. The van der Waals surface area contributed by atoms with Crippen LogP contribution in [0.1, 0.15) is 28.2 Å². The van der Waals surface area contributed by atoms with Crippen LogP contribution in [0.3, 0.4) is 0 Å². The van der Waals surface area contributed by atoms with Gasteiger partial charge in [-0.1, -0.05) is 60.2 Å². The molecule has 0 radical (unpaired) electrons. The fraction of sp³-hybridized carbons (Fsp3) is 0.321. The Bertz CT molecular complexity index is 1260. The third-order valence-electron chi connectivity index (χ3n) is 7.39. The molecule has 7 nitrogen and oxygen atoms in total. The maximum absolute atomic E-state index is 13.2. The van der Waals surface area contributed by atoms with Crippen LogP contribution in [0.4, 0.5) is 0 Å². The lowest BCUT2D eigenvalue weighted by Gasteiger charge is -2.40. The summed E-state index contributed by atoms with van der Waals surface area (Å²) < 4.78 is 22.9. The first-order valence-corrected chi connectivity index (χ1v) is 11.4. The number of carbonyl (C=O) groups is 1. The Balaban J connectivity index is 1.89. The van der Waals surface area contributed by atoms with E-state index in [1.165, 1.54) is 21.3 Å². The maximum atomic E-state index is 13.2. The van der Waals surface area contributed by atoms with Crippen molar-refractivity contribution in [3.8, 4) is 17.2 Å². The maximum Gasteiger partial charge on any atom is 0.312 e. The summed E-state index contributed by atoms with van der Waals surface area (Å²) in [6, 6.07) is 20.1. The molecule has 7 heteroatoms. The minimum absolute atomic E-state index is 0.265. The van der Waals surface area contributed by atoms with Crippen LogP contribution in [-0.2, 0) is 20.7 Å². The Morgan fingerprint density at radius 3 is 2.26 bits per heavy atom. The second-order valence-corrected chi connectivity index (χ2v) is 9.06. The first kappa shape index (κ1) is 23.2. The molecule has 1 aliphatic carbocycles. The van der Waals surface area contributed by atoms with E-state index >= 15 is 0 Å². The zero-order valence-corrected chi connectivity index (χ0v) is 20.0. The summed E-state index contributed by atoms with van der Waals surface area (Å²) in [5, 5.41) is 24.5. The second-order valence-electron chi connectivity index (χ2n) is 9.06. The highest BCUT2D eigenvalue weighted by molar-refractivity contribution is 5.78. The largest absolute Gasteiger partial charge is 0.496 e. The Morgan fingerprint density at radius 1 is 0.971 bits per heavy atom. The van der Waals surface area contributed by atoms with Crippen molar-refractivity contribution < 1.29 is 34.0 Å². The number of methoxy groups -OCH3 is 3.